The molecule has 19 heavy (non-hydrogen) atoms. The molecule has 0 spiro atoms. The molecule has 2 rings (SSSR count). The zero-order valence-corrected chi connectivity index (χ0v) is 11.6. The summed E-state index contributed by atoms with van der Waals surface area (Å²) in [6.07, 6.45) is 3.53. The van der Waals surface area contributed by atoms with Gasteiger partial charge in [0.15, 0.2) is 5.82 Å². The second kappa shape index (κ2) is 7.04. The van der Waals surface area contributed by atoms with E-state index in [-0.39, 0.29) is 0 Å². The SMILES string of the molecule is CCCCC(NCc1noc(C)n1)c1ccccc1. The first-order valence-electron chi connectivity index (χ1n) is 6.87. The van der Waals surface area contributed by atoms with Gasteiger partial charge in [-0.25, -0.2) is 0 Å². The van der Waals surface area contributed by atoms with Crippen LogP contribution >= 0.6 is 0 Å². The molecule has 0 fully saturated rings. The third-order valence-electron chi connectivity index (χ3n) is 3.12. The fraction of sp³-hybridized carbons (Fsp3) is 0.467. The van der Waals surface area contributed by atoms with Crippen LogP contribution in [-0.4, -0.2) is 10.1 Å². The Kier molecular flexibility index (Phi) is 5.10. The maximum absolute atomic E-state index is 4.98. The molecule has 1 aromatic carbocycles. The maximum Gasteiger partial charge on any atom is 0.223 e. The van der Waals surface area contributed by atoms with E-state index in [2.05, 4.69) is 46.6 Å². The highest BCUT2D eigenvalue weighted by molar-refractivity contribution is 5.18. The van der Waals surface area contributed by atoms with Crippen LogP contribution in [0.2, 0.25) is 0 Å². The van der Waals surface area contributed by atoms with E-state index in [0.29, 0.717) is 18.5 Å². The van der Waals surface area contributed by atoms with E-state index in [1.807, 2.05) is 13.0 Å². The maximum atomic E-state index is 4.98. The summed E-state index contributed by atoms with van der Waals surface area (Å²) in [5.41, 5.74) is 1.32. The van der Waals surface area contributed by atoms with Crippen molar-refractivity contribution >= 4 is 0 Å². The number of aromatic nitrogens is 2. The van der Waals surface area contributed by atoms with E-state index in [0.717, 1.165) is 12.2 Å². The molecule has 0 aliphatic rings. The van der Waals surface area contributed by atoms with Gasteiger partial charge in [-0.05, 0) is 12.0 Å². The Morgan fingerprint density at radius 1 is 1.26 bits per heavy atom. The molecule has 102 valence electrons. The fourth-order valence-electron chi connectivity index (χ4n) is 2.11. The van der Waals surface area contributed by atoms with E-state index in [9.17, 15) is 0 Å². The number of benzene rings is 1. The molecule has 0 aliphatic carbocycles. The highest BCUT2D eigenvalue weighted by Crippen LogP contribution is 2.19. The van der Waals surface area contributed by atoms with Gasteiger partial charge in [0, 0.05) is 13.0 Å². The molecule has 1 unspecified atom stereocenters. The Balaban J connectivity index is 1.97. The van der Waals surface area contributed by atoms with Crippen LogP contribution < -0.4 is 5.32 Å². The lowest BCUT2D eigenvalue weighted by Crippen LogP contribution is -2.21. The van der Waals surface area contributed by atoms with Gasteiger partial charge in [-0.1, -0.05) is 55.3 Å². The molecule has 1 aromatic heterocycles. The average Bonchev–Trinajstić information content (AvgIpc) is 2.86. The number of hydrogen-bond acceptors (Lipinski definition) is 4. The lowest BCUT2D eigenvalue weighted by atomic mass is 10.0. The van der Waals surface area contributed by atoms with Gasteiger partial charge in [0.25, 0.3) is 0 Å². The number of rotatable bonds is 7. The van der Waals surface area contributed by atoms with Crippen molar-refractivity contribution in [3.8, 4) is 0 Å². The molecule has 2 aromatic rings. The summed E-state index contributed by atoms with van der Waals surface area (Å²) in [4.78, 5) is 4.22. The van der Waals surface area contributed by atoms with Crippen LogP contribution in [0.15, 0.2) is 34.9 Å². The van der Waals surface area contributed by atoms with Crippen LogP contribution in [0.25, 0.3) is 0 Å². The second-order valence-electron chi connectivity index (χ2n) is 4.72. The highest BCUT2D eigenvalue weighted by Gasteiger charge is 2.11. The summed E-state index contributed by atoms with van der Waals surface area (Å²) in [6.45, 7) is 4.66. The van der Waals surface area contributed by atoms with Crippen LogP contribution in [0.4, 0.5) is 0 Å². The van der Waals surface area contributed by atoms with E-state index in [1.165, 1.54) is 18.4 Å². The first kappa shape index (κ1) is 13.7. The molecule has 0 amide bonds. The topological polar surface area (TPSA) is 51.0 Å². The van der Waals surface area contributed by atoms with Crippen molar-refractivity contribution in [2.45, 2.75) is 45.7 Å². The Hall–Kier alpha value is -1.68. The quantitative estimate of drug-likeness (QED) is 0.828. The van der Waals surface area contributed by atoms with Crippen molar-refractivity contribution < 1.29 is 4.52 Å². The number of aryl methyl sites for hydroxylation is 1. The number of unbranched alkanes of at least 4 members (excludes halogenated alkanes) is 1. The predicted octanol–water partition coefficient (Wildman–Crippen LogP) is 3.40. The highest BCUT2D eigenvalue weighted by atomic mass is 16.5. The summed E-state index contributed by atoms with van der Waals surface area (Å²) in [6, 6.07) is 10.9. The van der Waals surface area contributed by atoms with Gasteiger partial charge < -0.3 is 9.84 Å². The van der Waals surface area contributed by atoms with Crippen molar-refractivity contribution in [3.63, 3.8) is 0 Å². The smallest absolute Gasteiger partial charge is 0.223 e. The number of nitrogens with one attached hydrogen (secondary N) is 1. The van der Waals surface area contributed by atoms with Crippen LogP contribution in [0.3, 0.4) is 0 Å². The summed E-state index contributed by atoms with van der Waals surface area (Å²) >= 11 is 0. The molecular formula is C15H21N3O. The molecule has 4 nitrogen and oxygen atoms in total. The van der Waals surface area contributed by atoms with Crippen LogP contribution in [0.5, 0.6) is 0 Å². The summed E-state index contributed by atoms with van der Waals surface area (Å²) in [7, 11) is 0. The molecule has 0 radical (unpaired) electrons. The molecule has 1 heterocycles. The molecule has 0 bridgehead atoms. The van der Waals surface area contributed by atoms with E-state index in [1.54, 1.807) is 0 Å². The molecule has 0 saturated carbocycles. The normalized spacial score (nSPS) is 12.5. The van der Waals surface area contributed by atoms with Crippen molar-refractivity contribution in [2.75, 3.05) is 0 Å². The zero-order chi connectivity index (χ0) is 13.5. The van der Waals surface area contributed by atoms with Gasteiger partial charge in [0.2, 0.25) is 5.89 Å². The van der Waals surface area contributed by atoms with Gasteiger partial charge >= 0.3 is 0 Å². The first-order valence-corrected chi connectivity index (χ1v) is 6.87. The minimum atomic E-state index is 0.347. The third-order valence-corrected chi connectivity index (χ3v) is 3.12. The lowest BCUT2D eigenvalue weighted by Gasteiger charge is -2.18. The Labute approximate surface area is 114 Å². The van der Waals surface area contributed by atoms with Crippen molar-refractivity contribution in [1.82, 2.24) is 15.5 Å². The molecule has 0 aliphatic heterocycles. The van der Waals surface area contributed by atoms with E-state index in [4.69, 9.17) is 4.52 Å². The molecular weight excluding hydrogens is 238 g/mol. The zero-order valence-electron chi connectivity index (χ0n) is 11.6. The fourth-order valence-corrected chi connectivity index (χ4v) is 2.11. The first-order chi connectivity index (χ1) is 9.29. The molecule has 0 saturated heterocycles. The Morgan fingerprint density at radius 3 is 2.68 bits per heavy atom. The minimum absolute atomic E-state index is 0.347. The standard InChI is InChI=1S/C15H21N3O/c1-3-4-10-14(13-8-6-5-7-9-13)16-11-15-17-12(2)19-18-15/h5-9,14,16H,3-4,10-11H2,1-2H3. The average molecular weight is 259 g/mol. The monoisotopic (exact) mass is 259 g/mol. The van der Waals surface area contributed by atoms with Gasteiger partial charge in [-0.15, -0.1) is 0 Å². The largest absolute Gasteiger partial charge is 0.340 e. The summed E-state index contributed by atoms with van der Waals surface area (Å²) in [5, 5.41) is 7.43. The number of nitrogens with zero attached hydrogens (tertiary/aromatic N) is 2. The van der Waals surface area contributed by atoms with Crippen LogP contribution in [0, 0.1) is 6.92 Å². The Morgan fingerprint density at radius 2 is 2.05 bits per heavy atom. The summed E-state index contributed by atoms with van der Waals surface area (Å²) < 4.78 is 4.98. The Bertz CT molecular complexity index is 481. The summed E-state index contributed by atoms with van der Waals surface area (Å²) in [5.74, 6) is 1.33. The van der Waals surface area contributed by atoms with Crippen molar-refractivity contribution in [1.29, 1.82) is 0 Å². The molecule has 1 N–H and O–H groups in total. The molecule has 1 atom stereocenters. The number of hydrogen-bond donors (Lipinski definition) is 1. The minimum Gasteiger partial charge on any atom is -0.340 e. The second-order valence-corrected chi connectivity index (χ2v) is 4.72. The van der Waals surface area contributed by atoms with E-state index < -0.39 is 0 Å². The third kappa shape index (κ3) is 4.17. The van der Waals surface area contributed by atoms with Crippen molar-refractivity contribution in [3.05, 3.63) is 47.6 Å². The molecule has 4 heteroatoms. The van der Waals surface area contributed by atoms with Gasteiger partial charge in [0.05, 0.1) is 6.54 Å². The lowest BCUT2D eigenvalue weighted by molar-refractivity contribution is 0.381. The predicted molar refractivity (Wildman–Crippen MR) is 74.6 cm³/mol. The van der Waals surface area contributed by atoms with Gasteiger partial charge in [-0.3, -0.25) is 0 Å². The van der Waals surface area contributed by atoms with E-state index >= 15 is 0 Å². The van der Waals surface area contributed by atoms with Gasteiger partial charge in [0.1, 0.15) is 0 Å². The van der Waals surface area contributed by atoms with Crippen LogP contribution in [-0.2, 0) is 6.54 Å². The van der Waals surface area contributed by atoms with Crippen LogP contribution in [0.1, 0.15) is 49.5 Å². The van der Waals surface area contributed by atoms with Gasteiger partial charge in [-0.2, -0.15) is 4.98 Å². The van der Waals surface area contributed by atoms with Crippen molar-refractivity contribution in [2.24, 2.45) is 0 Å².